The zero-order valence-corrected chi connectivity index (χ0v) is 15.3. The van der Waals surface area contributed by atoms with Gasteiger partial charge in [0, 0.05) is 17.7 Å². The minimum Gasteiger partial charge on any atom is -0.476 e. The van der Waals surface area contributed by atoms with E-state index in [1.165, 1.54) is 23.7 Å². The van der Waals surface area contributed by atoms with Crippen LogP contribution in [-0.2, 0) is 13.0 Å². The van der Waals surface area contributed by atoms with E-state index in [1.54, 1.807) is 6.92 Å². The molecule has 5 nitrogen and oxygen atoms in total. The Balaban J connectivity index is 2.57. The molecular weight excluding hydrogens is 387 g/mol. The van der Waals surface area contributed by atoms with E-state index in [0.29, 0.717) is 0 Å². The molecule has 28 heavy (non-hydrogen) atoms. The van der Waals surface area contributed by atoms with Crippen LogP contribution in [0.15, 0.2) is 18.2 Å². The number of aryl methyl sites for hydroxylation is 1. The van der Waals surface area contributed by atoms with Gasteiger partial charge in [-0.3, -0.25) is 4.68 Å². The zero-order valence-electron chi connectivity index (χ0n) is 15.3. The molecule has 0 aliphatic heterocycles. The van der Waals surface area contributed by atoms with Gasteiger partial charge in [-0.2, -0.15) is 27.1 Å². The number of hydrogen-bond acceptors (Lipinski definition) is 3. The summed E-state index contributed by atoms with van der Waals surface area (Å²) < 4.78 is 70.1. The van der Waals surface area contributed by atoms with Crippen molar-refractivity contribution in [1.82, 2.24) is 9.78 Å². The number of aromatic nitrogens is 2. The molecule has 0 saturated heterocycles. The molecule has 0 aliphatic rings. The second-order valence-corrected chi connectivity index (χ2v) is 6.30. The molecule has 0 spiro atoms. The number of halogens is 5. The lowest BCUT2D eigenvalue weighted by Crippen LogP contribution is -2.21. The van der Waals surface area contributed by atoms with Crippen LogP contribution < -0.4 is 4.74 Å². The molecular formula is C18H19F5N2O3. The van der Waals surface area contributed by atoms with E-state index in [1.807, 2.05) is 0 Å². The van der Waals surface area contributed by atoms with E-state index in [-0.39, 0.29) is 40.4 Å². The summed E-state index contributed by atoms with van der Waals surface area (Å²) in [7, 11) is 0. The molecule has 2 rings (SSSR count). The van der Waals surface area contributed by atoms with Crippen LogP contribution in [0.25, 0.3) is 11.3 Å². The predicted molar refractivity (Wildman–Crippen MR) is 90.6 cm³/mol. The summed E-state index contributed by atoms with van der Waals surface area (Å²) in [6, 6.07) is 3.84. The van der Waals surface area contributed by atoms with Gasteiger partial charge in [-0.15, -0.1) is 0 Å². The molecule has 0 radical (unpaired) electrons. The minimum absolute atomic E-state index is 0.128. The molecule has 2 aromatic rings. The van der Waals surface area contributed by atoms with Crippen LogP contribution in [0, 0.1) is 12.8 Å². The first kappa shape index (κ1) is 21.6. The van der Waals surface area contributed by atoms with Crippen LogP contribution in [0.5, 0.6) is 5.75 Å². The molecule has 0 bridgehead atoms. The number of hydrogen-bond donors (Lipinski definition) is 1. The topological polar surface area (TPSA) is 64.4 Å². The minimum atomic E-state index is -4.42. The molecule has 1 aromatic heterocycles. The van der Waals surface area contributed by atoms with Gasteiger partial charge >= 0.3 is 18.8 Å². The normalized spacial score (nSPS) is 13.0. The Labute approximate surface area is 157 Å². The second kappa shape index (κ2) is 8.15. The highest BCUT2D eigenvalue weighted by atomic mass is 19.4. The largest absolute Gasteiger partial charge is 0.476 e. The fraction of sp³-hybridized carbons (Fsp3) is 0.444. The smallest absolute Gasteiger partial charge is 0.391 e. The number of benzene rings is 1. The van der Waals surface area contributed by atoms with Gasteiger partial charge in [0.25, 0.3) is 0 Å². The molecule has 0 unspecified atom stereocenters. The van der Waals surface area contributed by atoms with Crippen molar-refractivity contribution >= 4 is 5.97 Å². The molecule has 10 heteroatoms. The molecule has 1 heterocycles. The summed E-state index contributed by atoms with van der Waals surface area (Å²) in [5, 5.41) is 13.2. The zero-order chi connectivity index (χ0) is 21.2. The molecule has 0 saturated carbocycles. The average molecular weight is 406 g/mol. The lowest BCUT2D eigenvalue weighted by molar-refractivity contribution is -0.169. The Morgan fingerprint density at radius 2 is 1.96 bits per heavy atom. The maximum Gasteiger partial charge on any atom is 0.391 e. The molecule has 154 valence electrons. The van der Waals surface area contributed by atoms with Crippen molar-refractivity contribution in [3.63, 3.8) is 0 Å². The van der Waals surface area contributed by atoms with Gasteiger partial charge in [0.1, 0.15) is 5.75 Å². The predicted octanol–water partition coefficient (Wildman–Crippen LogP) is 4.92. The quantitative estimate of drug-likeness (QED) is 0.663. The highest BCUT2D eigenvalue weighted by Gasteiger charge is 2.36. The summed E-state index contributed by atoms with van der Waals surface area (Å²) in [6.07, 6.45) is -4.83. The average Bonchev–Trinajstić information content (AvgIpc) is 2.90. The van der Waals surface area contributed by atoms with Crippen LogP contribution in [0.2, 0.25) is 0 Å². The number of nitrogens with zero attached hydrogens (tertiary/aromatic N) is 2. The number of aromatic carboxylic acids is 1. The number of alkyl halides is 5. The van der Waals surface area contributed by atoms with Gasteiger partial charge < -0.3 is 9.84 Å². The third kappa shape index (κ3) is 4.60. The van der Waals surface area contributed by atoms with E-state index in [4.69, 9.17) is 0 Å². The Kier molecular flexibility index (Phi) is 6.30. The van der Waals surface area contributed by atoms with E-state index in [2.05, 4.69) is 9.84 Å². The first-order valence-electron chi connectivity index (χ1n) is 8.41. The lowest BCUT2D eigenvalue weighted by Gasteiger charge is -2.18. The standard InChI is InChI=1S/C18H19F5N2O3/c1-4-25-15(10(3)14(24-25)16(26)27)12-6-5-11(7-9(2)18(21,22)23)8-13(12)28-17(19)20/h5-6,8-9,17H,4,7H2,1-3H3,(H,26,27)/t9-/m0/s1. The fourth-order valence-corrected chi connectivity index (χ4v) is 2.88. The van der Waals surface area contributed by atoms with Gasteiger partial charge in [0.15, 0.2) is 5.69 Å². The first-order valence-corrected chi connectivity index (χ1v) is 8.41. The third-order valence-electron chi connectivity index (χ3n) is 4.31. The van der Waals surface area contributed by atoms with Crippen molar-refractivity contribution in [2.24, 2.45) is 5.92 Å². The van der Waals surface area contributed by atoms with Crippen LogP contribution in [0.4, 0.5) is 22.0 Å². The Morgan fingerprint density at radius 3 is 2.46 bits per heavy atom. The van der Waals surface area contributed by atoms with Crippen molar-refractivity contribution in [3.8, 4) is 17.0 Å². The maximum absolute atomic E-state index is 12.9. The van der Waals surface area contributed by atoms with Crippen molar-refractivity contribution in [2.45, 2.75) is 46.5 Å². The Bertz CT molecular complexity index is 862. The van der Waals surface area contributed by atoms with Gasteiger partial charge in [0.2, 0.25) is 0 Å². The number of carboxylic acid groups (broad SMARTS) is 1. The van der Waals surface area contributed by atoms with Gasteiger partial charge in [-0.1, -0.05) is 13.0 Å². The molecule has 0 fully saturated rings. The lowest BCUT2D eigenvalue weighted by atomic mass is 9.97. The summed E-state index contributed by atoms with van der Waals surface area (Å²) in [5.74, 6) is -3.28. The Hall–Kier alpha value is -2.65. The SMILES string of the molecule is CCn1nc(C(=O)O)c(C)c1-c1ccc(C[C@H](C)C(F)(F)F)cc1OC(F)F. The van der Waals surface area contributed by atoms with Crippen LogP contribution in [0.3, 0.4) is 0 Å². The maximum atomic E-state index is 12.9. The van der Waals surface area contributed by atoms with Crippen molar-refractivity contribution < 1.29 is 36.6 Å². The Morgan fingerprint density at radius 1 is 1.32 bits per heavy atom. The highest BCUT2D eigenvalue weighted by molar-refractivity contribution is 5.90. The second-order valence-electron chi connectivity index (χ2n) is 6.30. The monoisotopic (exact) mass is 406 g/mol. The van der Waals surface area contributed by atoms with Crippen molar-refractivity contribution in [3.05, 3.63) is 35.0 Å². The summed E-state index contributed by atoms with van der Waals surface area (Å²) in [4.78, 5) is 11.3. The molecule has 1 N–H and O–H groups in total. The molecule has 0 aliphatic carbocycles. The van der Waals surface area contributed by atoms with Gasteiger partial charge in [0.05, 0.1) is 11.6 Å². The number of ether oxygens (including phenoxy) is 1. The fourth-order valence-electron chi connectivity index (χ4n) is 2.88. The number of carbonyl (C=O) groups is 1. The summed E-state index contributed by atoms with van der Waals surface area (Å²) in [6.45, 7) is 1.21. The number of rotatable bonds is 7. The first-order chi connectivity index (χ1) is 13.0. The molecule has 0 amide bonds. The van der Waals surface area contributed by atoms with Gasteiger partial charge in [-0.05, 0) is 38.0 Å². The molecule has 1 atom stereocenters. The van der Waals surface area contributed by atoms with E-state index in [9.17, 15) is 31.9 Å². The van der Waals surface area contributed by atoms with Gasteiger partial charge in [-0.25, -0.2) is 4.79 Å². The highest BCUT2D eigenvalue weighted by Crippen LogP contribution is 2.37. The van der Waals surface area contributed by atoms with Crippen LogP contribution >= 0.6 is 0 Å². The van der Waals surface area contributed by atoms with E-state index in [0.717, 1.165) is 13.0 Å². The van der Waals surface area contributed by atoms with E-state index < -0.39 is 31.1 Å². The third-order valence-corrected chi connectivity index (χ3v) is 4.31. The number of carboxylic acids is 1. The summed E-state index contributed by atoms with van der Waals surface area (Å²) >= 11 is 0. The summed E-state index contributed by atoms with van der Waals surface area (Å²) in [5.41, 5.74) is 0.552. The van der Waals surface area contributed by atoms with Crippen molar-refractivity contribution in [2.75, 3.05) is 0 Å². The molecule has 1 aromatic carbocycles. The van der Waals surface area contributed by atoms with Crippen molar-refractivity contribution in [1.29, 1.82) is 0 Å². The van der Waals surface area contributed by atoms with Crippen LogP contribution in [-0.4, -0.2) is 33.6 Å². The van der Waals surface area contributed by atoms with E-state index >= 15 is 0 Å². The van der Waals surface area contributed by atoms with Crippen LogP contribution in [0.1, 0.15) is 35.5 Å².